The van der Waals surface area contributed by atoms with E-state index in [2.05, 4.69) is 13.8 Å². The van der Waals surface area contributed by atoms with Crippen LogP contribution in [0.1, 0.15) is 33.1 Å². The summed E-state index contributed by atoms with van der Waals surface area (Å²) in [6.07, 6.45) is 2.50. The molecular weight excluding hydrogens is 143 g/mol. The lowest BCUT2D eigenvalue weighted by molar-refractivity contribution is 0.177. The van der Waals surface area contributed by atoms with Crippen LogP contribution < -0.4 is 0 Å². The Balaban J connectivity index is 3.36. The third-order valence-electron chi connectivity index (χ3n) is 2.14. The van der Waals surface area contributed by atoms with Gasteiger partial charge in [0.2, 0.25) is 0 Å². The lowest BCUT2D eigenvalue weighted by atomic mass is 9.91. The highest BCUT2D eigenvalue weighted by Crippen LogP contribution is 2.17. The second-order valence-electron chi connectivity index (χ2n) is 3.37. The van der Waals surface area contributed by atoms with Gasteiger partial charge in [0.05, 0.1) is 6.67 Å². The molecule has 11 heavy (non-hydrogen) atoms. The van der Waals surface area contributed by atoms with Crippen LogP contribution in [0.4, 0.5) is 4.39 Å². The minimum atomic E-state index is -0.226. The van der Waals surface area contributed by atoms with Gasteiger partial charge in [0, 0.05) is 6.61 Å². The Morgan fingerprint density at radius 2 is 1.91 bits per heavy atom. The van der Waals surface area contributed by atoms with E-state index in [1.807, 2.05) is 0 Å². The van der Waals surface area contributed by atoms with E-state index in [-0.39, 0.29) is 13.3 Å². The number of alkyl halides is 1. The van der Waals surface area contributed by atoms with E-state index in [4.69, 9.17) is 5.11 Å². The van der Waals surface area contributed by atoms with Gasteiger partial charge in [-0.1, -0.05) is 20.3 Å². The van der Waals surface area contributed by atoms with Crippen molar-refractivity contribution in [3.05, 3.63) is 0 Å². The molecule has 0 heterocycles. The number of aliphatic hydroxyl groups excluding tert-OH is 1. The average molecular weight is 162 g/mol. The average Bonchev–Trinajstić information content (AvgIpc) is 1.97. The maximum absolute atomic E-state index is 11.7. The number of rotatable bonds is 6. The molecule has 0 aromatic heterocycles. The first-order valence-corrected chi connectivity index (χ1v) is 4.39. The Kier molecular flexibility index (Phi) is 6.52. The molecule has 0 aromatic rings. The Hall–Kier alpha value is -0.110. The first-order valence-electron chi connectivity index (χ1n) is 4.39. The summed E-state index contributed by atoms with van der Waals surface area (Å²) >= 11 is 0. The standard InChI is InChI=1S/C9H19FO/c1-8(2)9(7-11)5-3-4-6-10/h8-9,11H,3-7H2,1-2H3/t9-/m1/s1. The molecule has 0 amide bonds. The second kappa shape index (κ2) is 6.59. The monoisotopic (exact) mass is 162 g/mol. The van der Waals surface area contributed by atoms with Gasteiger partial charge in [-0.2, -0.15) is 0 Å². The smallest absolute Gasteiger partial charge is 0.0894 e. The fourth-order valence-electron chi connectivity index (χ4n) is 1.14. The van der Waals surface area contributed by atoms with Crippen molar-refractivity contribution in [3.8, 4) is 0 Å². The van der Waals surface area contributed by atoms with Gasteiger partial charge in [0.15, 0.2) is 0 Å². The third-order valence-corrected chi connectivity index (χ3v) is 2.14. The van der Waals surface area contributed by atoms with E-state index in [9.17, 15) is 4.39 Å². The normalized spacial score (nSPS) is 13.9. The number of hydrogen-bond acceptors (Lipinski definition) is 1. The Morgan fingerprint density at radius 3 is 2.27 bits per heavy atom. The van der Waals surface area contributed by atoms with Gasteiger partial charge in [-0.15, -0.1) is 0 Å². The van der Waals surface area contributed by atoms with Gasteiger partial charge in [0.1, 0.15) is 0 Å². The van der Waals surface area contributed by atoms with Crippen molar-refractivity contribution in [2.24, 2.45) is 11.8 Å². The largest absolute Gasteiger partial charge is 0.396 e. The molecule has 0 fully saturated rings. The fraction of sp³-hybridized carbons (Fsp3) is 1.00. The van der Waals surface area contributed by atoms with Gasteiger partial charge in [-0.25, -0.2) is 0 Å². The van der Waals surface area contributed by atoms with E-state index in [1.165, 1.54) is 0 Å². The van der Waals surface area contributed by atoms with Crippen LogP contribution in [0.25, 0.3) is 0 Å². The fourth-order valence-corrected chi connectivity index (χ4v) is 1.14. The number of halogens is 1. The van der Waals surface area contributed by atoms with Crippen LogP contribution in [0.15, 0.2) is 0 Å². The first kappa shape index (κ1) is 10.9. The van der Waals surface area contributed by atoms with Crippen LogP contribution in [-0.4, -0.2) is 18.4 Å². The van der Waals surface area contributed by atoms with Crippen LogP contribution in [-0.2, 0) is 0 Å². The summed E-state index contributed by atoms with van der Waals surface area (Å²) in [5, 5.41) is 8.90. The highest BCUT2D eigenvalue weighted by atomic mass is 19.1. The third kappa shape index (κ3) is 5.19. The molecule has 0 aliphatic carbocycles. The van der Waals surface area contributed by atoms with E-state index >= 15 is 0 Å². The molecule has 0 aliphatic heterocycles. The molecule has 0 aromatic carbocycles. The van der Waals surface area contributed by atoms with Crippen molar-refractivity contribution in [2.45, 2.75) is 33.1 Å². The molecule has 68 valence electrons. The summed E-state index contributed by atoms with van der Waals surface area (Å²) < 4.78 is 11.7. The highest BCUT2D eigenvalue weighted by molar-refractivity contribution is 4.61. The molecule has 0 radical (unpaired) electrons. The zero-order chi connectivity index (χ0) is 8.69. The molecule has 1 atom stereocenters. The summed E-state index contributed by atoms with van der Waals surface area (Å²) in [6, 6.07) is 0. The first-order chi connectivity index (χ1) is 5.22. The van der Waals surface area contributed by atoms with Gasteiger partial charge in [-0.05, 0) is 24.7 Å². The Bertz CT molecular complexity index is 83.6. The molecule has 0 bridgehead atoms. The number of unbranched alkanes of at least 4 members (excludes halogenated alkanes) is 1. The summed E-state index contributed by atoms with van der Waals surface area (Å²) in [6.45, 7) is 4.20. The molecule has 0 saturated heterocycles. The molecule has 0 rings (SSSR count). The molecule has 0 saturated carbocycles. The van der Waals surface area contributed by atoms with E-state index in [1.54, 1.807) is 0 Å². The van der Waals surface area contributed by atoms with Crippen molar-refractivity contribution in [1.82, 2.24) is 0 Å². The molecular formula is C9H19FO. The van der Waals surface area contributed by atoms with Gasteiger partial charge < -0.3 is 5.11 Å². The molecule has 2 heteroatoms. The van der Waals surface area contributed by atoms with Crippen molar-refractivity contribution in [2.75, 3.05) is 13.3 Å². The van der Waals surface area contributed by atoms with Gasteiger partial charge >= 0.3 is 0 Å². The van der Waals surface area contributed by atoms with Crippen LogP contribution in [0.5, 0.6) is 0 Å². The topological polar surface area (TPSA) is 20.2 Å². The summed E-state index contributed by atoms with van der Waals surface area (Å²) in [7, 11) is 0. The van der Waals surface area contributed by atoms with Crippen LogP contribution in [0.2, 0.25) is 0 Å². The zero-order valence-electron chi connectivity index (χ0n) is 7.52. The Labute approximate surface area is 68.6 Å². The number of hydrogen-bond donors (Lipinski definition) is 1. The number of aliphatic hydroxyl groups is 1. The van der Waals surface area contributed by atoms with Gasteiger partial charge in [0.25, 0.3) is 0 Å². The van der Waals surface area contributed by atoms with Crippen molar-refractivity contribution in [1.29, 1.82) is 0 Å². The molecule has 0 aliphatic rings. The van der Waals surface area contributed by atoms with Crippen LogP contribution >= 0.6 is 0 Å². The summed E-state index contributed by atoms with van der Waals surface area (Å²) in [4.78, 5) is 0. The quantitative estimate of drug-likeness (QED) is 0.594. The SMILES string of the molecule is CC(C)[C@@H](CO)CCCCF. The molecule has 0 unspecified atom stereocenters. The lowest BCUT2D eigenvalue weighted by Gasteiger charge is -2.17. The maximum Gasteiger partial charge on any atom is 0.0894 e. The van der Waals surface area contributed by atoms with Crippen molar-refractivity contribution < 1.29 is 9.50 Å². The van der Waals surface area contributed by atoms with Gasteiger partial charge in [-0.3, -0.25) is 4.39 Å². The Morgan fingerprint density at radius 1 is 1.27 bits per heavy atom. The molecule has 0 spiro atoms. The predicted molar refractivity (Wildman–Crippen MR) is 45.2 cm³/mol. The summed E-state index contributed by atoms with van der Waals surface area (Å²) in [5.74, 6) is 0.876. The predicted octanol–water partition coefficient (Wildman–Crippen LogP) is 2.39. The van der Waals surface area contributed by atoms with E-state index in [0.29, 0.717) is 18.3 Å². The summed E-state index contributed by atoms with van der Waals surface area (Å²) in [5.41, 5.74) is 0. The molecule has 1 nitrogen and oxygen atoms in total. The minimum Gasteiger partial charge on any atom is -0.396 e. The zero-order valence-corrected chi connectivity index (χ0v) is 7.52. The van der Waals surface area contributed by atoms with E-state index in [0.717, 1.165) is 12.8 Å². The minimum absolute atomic E-state index is 0.226. The highest BCUT2D eigenvalue weighted by Gasteiger charge is 2.10. The van der Waals surface area contributed by atoms with Crippen LogP contribution in [0, 0.1) is 11.8 Å². The van der Waals surface area contributed by atoms with Crippen molar-refractivity contribution >= 4 is 0 Å². The van der Waals surface area contributed by atoms with E-state index < -0.39 is 0 Å². The molecule has 1 N–H and O–H groups in total. The maximum atomic E-state index is 11.7. The second-order valence-corrected chi connectivity index (χ2v) is 3.37. The lowest BCUT2D eigenvalue weighted by Crippen LogP contribution is -2.13. The van der Waals surface area contributed by atoms with Crippen LogP contribution in [0.3, 0.4) is 0 Å². The van der Waals surface area contributed by atoms with Crippen molar-refractivity contribution in [3.63, 3.8) is 0 Å².